The first-order valence-electron chi connectivity index (χ1n) is 2.29. The molecule has 0 spiro atoms. The number of alkyl halides is 1. The summed E-state index contributed by atoms with van der Waals surface area (Å²) in [5.41, 5.74) is 0. The van der Waals surface area contributed by atoms with Crippen LogP contribution in [-0.2, 0) is 9.53 Å². The summed E-state index contributed by atoms with van der Waals surface area (Å²) in [6.45, 7) is 0.367. The van der Waals surface area contributed by atoms with Gasteiger partial charge >= 0.3 is 0 Å². The van der Waals surface area contributed by atoms with Crippen LogP contribution < -0.4 is 0 Å². The summed E-state index contributed by atoms with van der Waals surface area (Å²) >= 11 is 10.5. The molecule has 0 bridgehead atoms. The molecule has 0 aliphatic heterocycles. The fourth-order valence-corrected chi connectivity index (χ4v) is 0.363. The molecule has 0 saturated heterocycles. The number of allylic oxidation sites excluding steroid dienone is 1. The monoisotopic (exact) mass is 168 g/mol. The fourth-order valence-electron chi connectivity index (χ4n) is 0.211. The third-order valence-electron chi connectivity index (χ3n) is 0.504. The van der Waals surface area contributed by atoms with Crippen molar-refractivity contribution in [2.24, 2.45) is 0 Å². The lowest BCUT2D eigenvalue weighted by Gasteiger charge is -1.92. The molecule has 0 atom stereocenters. The minimum Gasteiger partial charge on any atom is -0.498 e. The van der Waals surface area contributed by atoms with Gasteiger partial charge in [-0.15, -0.1) is 11.6 Å². The van der Waals surface area contributed by atoms with Crippen LogP contribution in [0, 0.1) is 0 Å². The summed E-state index contributed by atoms with van der Waals surface area (Å²) in [5, 5.41) is 0.0418. The van der Waals surface area contributed by atoms with E-state index in [-0.39, 0.29) is 5.03 Å². The van der Waals surface area contributed by atoms with Crippen LogP contribution in [0.15, 0.2) is 11.3 Å². The number of hydrogen-bond donors (Lipinski definition) is 0. The molecule has 0 saturated carbocycles. The molecule has 0 radical (unpaired) electrons. The predicted octanol–water partition coefficient (Wildman–Crippen LogP) is 1.52. The average Bonchev–Trinajstić information content (AvgIpc) is 1.89. The number of ether oxygens (including phenoxy) is 1. The highest BCUT2D eigenvalue weighted by Crippen LogP contribution is 1.95. The van der Waals surface area contributed by atoms with E-state index in [0.29, 0.717) is 18.8 Å². The topological polar surface area (TPSA) is 26.3 Å². The van der Waals surface area contributed by atoms with Gasteiger partial charge in [0.1, 0.15) is 17.9 Å². The maximum atomic E-state index is 9.79. The van der Waals surface area contributed by atoms with E-state index in [0.717, 1.165) is 6.26 Å². The Morgan fingerprint density at radius 2 is 2.33 bits per heavy atom. The Morgan fingerprint density at radius 1 is 1.67 bits per heavy atom. The molecule has 0 heterocycles. The van der Waals surface area contributed by atoms with Crippen molar-refractivity contribution in [2.45, 2.75) is 0 Å². The Balaban J connectivity index is 3.31. The summed E-state index contributed by atoms with van der Waals surface area (Å²) in [6, 6.07) is 0. The first-order valence-corrected chi connectivity index (χ1v) is 3.21. The summed E-state index contributed by atoms with van der Waals surface area (Å²) in [5.74, 6) is 0.388. The zero-order valence-corrected chi connectivity index (χ0v) is 6.15. The van der Waals surface area contributed by atoms with Gasteiger partial charge in [0.25, 0.3) is 0 Å². The molecule has 0 aromatic carbocycles. The SMILES string of the molecule is O=C/C(Cl)=C/OCCCl. The molecule has 0 N–H and O–H groups in total. The molecular weight excluding hydrogens is 163 g/mol. The van der Waals surface area contributed by atoms with Gasteiger partial charge in [-0.3, -0.25) is 4.79 Å². The highest BCUT2D eigenvalue weighted by Gasteiger charge is 1.85. The van der Waals surface area contributed by atoms with E-state index in [2.05, 4.69) is 4.74 Å². The van der Waals surface area contributed by atoms with Gasteiger partial charge in [-0.1, -0.05) is 11.6 Å². The smallest absolute Gasteiger partial charge is 0.164 e. The van der Waals surface area contributed by atoms with Crippen LogP contribution in [0.4, 0.5) is 0 Å². The third kappa shape index (κ3) is 5.66. The highest BCUT2D eigenvalue weighted by atomic mass is 35.5. The Hall–Kier alpha value is -0.210. The molecule has 2 nitrogen and oxygen atoms in total. The minimum atomic E-state index is 0.0418. The van der Waals surface area contributed by atoms with Gasteiger partial charge in [0.2, 0.25) is 0 Å². The lowest BCUT2D eigenvalue weighted by Crippen LogP contribution is -1.87. The molecule has 4 heteroatoms. The standard InChI is InChI=1S/C5H6Cl2O2/c6-1-2-9-4-5(7)3-8/h3-4H,1-2H2/b5-4-. The van der Waals surface area contributed by atoms with Crippen molar-refractivity contribution >= 4 is 29.5 Å². The summed E-state index contributed by atoms with van der Waals surface area (Å²) in [4.78, 5) is 9.79. The molecular formula is C5H6Cl2O2. The van der Waals surface area contributed by atoms with Crippen LogP contribution >= 0.6 is 23.2 Å². The molecule has 0 fully saturated rings. The van der Waals surface area contributed by atoms with Crippen LogP contribution in [-0.4, -0.2) is 18.8 Å². The van der Waals surface area contributed by atoms with Gasteiger partial charge < -0.3 is 4.74 Å². The molecule has 0 aliphatic rings. The van der Waals surface area contributed by atoms with E-state index < -0.39 is 0 Å². The Labute approximate surface area is 63.4 Å². The lowest BCUT2D eigenvalue weighted by atomic mass is 10.7. The number of halogens is 2. The van der Waals surface area contributed by atoms with E-state index in [1.165, 1.54) is 0 Å². The number of hydrogen-bond acceptors (Lipinski definition) is 2. The predicted molar refractivity (Wildman–Crippen MR) is 36.7 cm³/mol. The van der Waals surface area contributed by atoms with Gasteiger partial charge in [-0.25, -0.2) is 0 Å². The van der Waals surface area contributed by atoms with Crippen molar-refractivity contribution < 1.29 is 9.53 Å². The molecule has 9 heavy (non-hydrogen) atoms. The first-order chi connectivity index (χ1) is 4.31. The summed E-state index contributed by atoms with van der Waals surface area (Å²) < 4.78 is 4.68. The molecule has 0 unspecified atom stereocenters. The fraction of sp³-hybridized carbons (Fsp3) is 0.400. The van der Waals surface area contributed by atoms with E-state index in [4.69, 9.17) is 23.2 Å². The van der Waals surface area contributed by atoms with E-state index in [1.54, 1.807) is 0 Å². The van der Waals surface area contributed by atoms with Crippen LogP contribution in [0.3, 0.4) is 0 Å². The van der Waals surface area contributed by atoms with Gasteiger partial charge in [-0.2, -0.15) is 0 Å². The molecule has 0 aromatic rings. The number of carbonyl (C=O) groups is 1. The summed E-state index contributed by atoms with van der Waals surface area (Å²) in [7, 11) is 0. The maximum Gasteiger partial charge on any atom is 0.164 e. The van der Waals surface area contributed by atoms with Crippen molar-refractivity contribution in [1.82, 2.24) is 0 Å². The number of rotatable bonds is 4. The molecule has 0 rings (SSSR count). The Kier molecular flexibility index (Phi) is 5.78. The van der Waals surface area contributed by atoms with Crippen molar-refractivity contribution in [2.75, 3.05) is 12.5 Å². The van der Waals surface area contributed by atoms with Gasteiger partial charge in [0.05, 0.1) is 5.88 Å². The Morgan fingerprint density at radius 3 is 2.78 bits per heavy atom. The largest absolute Gasteiger partial charge is 0.498 e. The van der Waals surface area contributed by atoms with Crippen molar-refractivity contribution in [3.8, 4) is 0 Å². The number of carbonyl (C=O) groups excluding carboxylic acids is 1. The van der Waals surface area contributed by atoms with Crippen molar-refractivity contribution in [3.05, 3.63) is 11.3 Å². The van der Waals surface area contributed by atoms with E-state index >= 15 is 0 Å². The molecule has 0 amide bonds. The van der Waals surface area contributed by atoms with Crippen molar-refractivity contribution in [1.29, 1.82) is 0 Å². The highest BCUT2D eigenvalue weighted by molar-refractivity contribution is 6.38. The second kappa shape index (κ2) is 5.92. The second-order valence-corrected chi connectivity index (χ2v) is 1.99. The van der Waals surface area contributed by atoms with Crippen LogP contribution in [0.1, 0.15) is 0 Å². The summed E-state index contributed by atoms with van der Waals surface area (Å²) in [6.07, 6.45) is 1.66. The van der Waals surface area contributed by atoms with Crippen molar-refractivity contribution in [3.63, 3.8) is 0 Å². The molecule has 0 aromatic heterocycles. The maximum absolute atomic E-state index is 9.79. The van der Waals surface area contributed by atoms with Crippen LogP contribution in [0.5, 0.6) is 0 Å². The molecule has 52 valence electrons. The van der Waals surface area contributed by atoms with Gasteiger partial charge in [-0.05, 0) is 0 Å². The first kappa shape index (κ1) is 8.79. The van der Waals surface area contributed by atoms with Crippen LogP contribution in [0.2, 0.25) is 0 Å². The van der Waals surface area contributed by atoms with E-state index in [1.807, 2.05) is 0 Å². The zero-order valence-electron chi connectivity index (χ0n) is 4.64. The zero-order chi connectivity index (χ0) is 7.11. The van der Waals surface area contributed by atoms with Gasteiger partial charge in [0.15, 0.2) is 6.29 Å². The lowest BCUT2D eigenvalue weighted by molar-refractivity contribution is -0.104. The Bertz CT molecular complexity index is 112. The molecule has 0 aliphatic carbocycles. The van der Waals surface area contributed by atoms with Crippen LogP contribution in [0.25, 0.3) is 0 Å². The second-order valence-electron chi connectivity index (χ2n) is 1.18. The number of aldehydes is 1. The quantitative estimate of drug-likeness (QED) is 0.209. The normalized spacial score (nSPS) is 11.1. The third-order valence-corrected chi connectivity index (χ3v) is 0.836. The minimum absolute atomic E-state index is 0.0418. The average molecular weight is 169 g/mol. The van der Waals surface area contributed by atoms with E-state index in [9.17, 15) is 4.79 Å². The van der Waals surface area contributed by atoms with Gasteiger partial charge in [0, 0.05) is 0 Å².